The van der Waals surface area contributed by atoms with Crippen LogP contribution in [0.25, 0.3) is 4.85 Å². The maximum atomic E-state index is 16.3. The van der Waals surface area contributed by atoms with Crippen LogP contribution in [-0.2, 0) is 22.3 Å². The molecule has 1 aromatic heterocycles. The number of hydrogen-bond donors (Lipinski definition) is 1. The van der Waals surface area contributed by atoms with Gasteiger partial charge in [0.15, 0.2) is 12.2 Å². The van der Waals surface area contributed by atoms with Crippen molar-refractivity contribution >= 4 is 0 Å². The van der Waals surface area contributed by atoms with E-state index in [2.05, 4.69) is 20.4 Å². The van der Waals surface area contributed by atoms with Crippen LogP contribution in [-0.4, -0.2) is 56.6 Å². The topological polar surface area (TPSA) is 86.7 Å². The summed E-state index contributed by atoms with van der Waals surface area (Å²) in [5.41, 5.74) is -5.58. The molecule has 1 saturated heterocycles. The van der Waals surface area contributed by atoms with E-state index in [9.17, 15) is 13.9 Å². The number of nitrogens with zero attached hydrogens (tertiary/aromatic N) is 5. The highest BCUT2D eigenvalue weighted by molar-refractivity contribution is 5.44. The predicted octanol–water partition coefficient (Wildman–Crippen LogP) is 3.66. The molecule has 0 amide bonds. The monoisotopic (exact) mass is 529 g/mol. The Balaban J connectivity index is 1.21. The number of hydrogen-bond acceptors (Lipinski definition) is 6. The van der Waals surface area contributed by atoms with Gasteiger partial charge >= 0.3 is 5.54 Å². The molecule has 2 heterocycles. The Morgan fingerprint density at radius 2 is 1.82 bits per heavy atom. The molecule has 2 aromatic carbocycles. The third kappa shape index (κ3) is 3.45. The molecule has 198 valence electrons. The molecule has 0 unspecified atom stereocenters. The Morgan fingerprint density at radius 1 is 1.11 bits per heavy atom. The molecule has 38 heavy (non-hydrogen) atoms. The average Bonchev–Trinajstić information content (AvgIpc) is 3.30. The summed E-state index contributed by atoms with van der Waals surface area (Å²) in [7, 11) is 0. The molecule has 3 aliphatic carbocycles. The number of benzene rings is 2. The fraction of sp³-hybridized carbons (Fsp3) is 0.462. The van der Waals surface area contributed by atoms with E-state index in [4.69, 9.17) is 16.0 Å². The zero-order chi connectivity index (χ0) is 26.8. The van der Waals surface area contributed by atoms with E-state index in [-0.39, 0.29) is 25.9 Å². The third-order valence-corrected chi connectivity index (χ3v) is 8.33. The van der Waals surface area contributed by atoms with Gasteiger partial charge in [0.1, 0.15) is 36.9 Å². The van der Waals surface area contributed by atoms with Crippen molar-refractivity contribution in [3.8, 4) is 5.75 Å². The lowest BCUT2D eigenvalue weighted by molar-refractivity contribution is -0.347. The molecular formula is C26H23F4N5O3. The van der Waals surface area contributed by atoms with E-state index in [0.29, 0.717) is 25.0 Å². The minimum atomic E-state index is -3.78. The van der Waals surface area contributed by atoms with Crippen LogP contribution in [0, 0.1) is 23.6 Å². The van der Waals surface area contributed by atoms with Gasteiger partial charge in [0, 0.05) is 17.0 Å². The van der Waals surface area contributed by atoms with Crippen molar-refractivity contribution in [2.45, 2.75) is 48.3 Å². The number of alkyl halides is 2. The van der Waals surface area contributed by atoms with Gasteiger partial charge in [0.2, 0.25) is 0 Å². The lowest BCUT2D eigenvalue weighted by Gasteiger charge is -2.74. The normalized spacial score (nSPS) is 26.7. The summed E-state index contributed by atoms with van der Waals surface area (Å²) in [6.45, 7) is 7.36. The molecule has 1 N–H and O–H groups in total. The van der Waals surface area contributed by atoms with E-state index in [0.717, 1.165) is 28.7 Å². The summed E-state index contributed by atoms with van der Waals surface area (Å²) in [5, 5.41) is 21.9. The molecule has 7 rings (SSSR count). The summed E-state index contributed by atoms with van der Waals surface area (Å²) in [6, 6.07) is 9.30. The van der Waals surface area contributed by atoms with Crippen molar-refractivity contribution in [3.05, 3.63) is 83.0 Å². The largest absolute Gasteiger partial charge is 0.485 e. The van der Waals surface area contributed by atoms with Gasteiger partial charge in [-0.3, -0.25) is 0 Å². The van der Waals surface area contributed by atoms with Crippen molar-refractivity contribution in [1.29, 1.82) is 0 Å². The Kier molecular flexibility index (Phi) is 5.35. The molecule has 3 aromatic rings. The minimum Gasteiger partial charge on any atom is -0.485 e. The van der Waals surface area contributed by atoms with Gasteiger partial charge in [-0.15, -0.1) is 5.10 Å². The van der Waals surface area contributed by atoms with Gasteiger partial charge in [-0.1, -0.05) is 12.1 Å². The number of ether oxygens (including phenoxy) is 2. The summed E-state index contributed by atoms with van der Waals surface area (Å²) >= 11 is 0. The quantitative estimate of drug-likeness (QED) is 0.336. The number of tetrazole rings is 1. The first-order chi connectivity index (χ1) is 18.1. The fourth-order valence-electron chi connectivity index (χ4n) is 6.17. The number of rotatable bonds is 9. The van der Waals surface area contributed by atoms with Crippen LogP contribution in [0.5, 0.6) is 5.75 Å². The summed E-state index contributed by atoms with van der Waals surface area (Å²) < 4.78 is 72.7. The third-order valence-electron chi connectivity index (χ3n) is 8.33. The van der Waals surface area contributed by atoms with Crippen LogP contribution >= 0.6 is 0 Å². The number of aliphatic hydroxyl groups is 1. The second-order valence-corrected chi connectivity index (χ2v) is 10.8. The number of halogens is 4. The second kappa shape index (κ2) is 8.22. The van der Waals surface area contributed by atoms with Crippen molar-refractivity contribution < 1.29 is 32.1 Å². The standard InChI is InChI=1S/C26H23F4N5O3/c1-31-24(13-37-14-24)15-38-19-5-2-17(3-6-19)22-9-23(10-22,11-22)26(29,30)25(36,12-35-16-32-33-34-35)20-7-4-18(27)8-21(20)28/h2-8,16,36H,9-15H2/t22?,23?,25-/m0/s1. The molecule has 1 aliphatic heterocycles. The molecule has 0 radical (unpaired) electrons. The van der Waals surface area contributed by atoms with Crippen molar-refractivity contribution in [2.24, 2.45) is 5.41 Å². The minimum absolute atomic E-state index is 0.0894. The van der Waals surface area contributed by atoms with Crippen LogP contribution in [0.3, 0.4) is 0 Å². The van der Waals surface area contributed by atoms with Gasteiger partial charge in [0.05, 0.1) is 6.54 Å². The summed E-state index contributed by atoms with van der Waals surface area (Å²) in [4.78, 5) is 3.59. The van der Waals surface area contributed by atoms with Crippen molar-refractivity contribution in [1.82, 2.24) is 20.2 Å². The first-order valence-electron chi connectivity index (χ1n) is 12.0. The van der Waals surface area contributed by atoms with E-state index in [1.54, 1.807) is 12.1 Å². The SMILES string of the molecule is [C-]#[N+]C1(COc2ccc(C34CC(C(F)(F)[C@](O)(Cn5cnnn5)c5ccc(F)cc5F)(C3)C4)cc2)COC1. The Labute approximate surface area is 215 Å². The van der Waals surface area contributed by atoms with Crippen LogP contribution < -0.4 is 4.74 Å². The Bertz CT molecular complexity index is 1390. The van der Waals surface area contributed by atoms with Gasteiger partial charge < -0.3 is 19.4 Å². The zero-order valence-electron chi connectivity index (χ0n) is 20.1. The molecule has 3 saturated carbocycles. The fourth-order valence-corrected chi connectivity index (χ4v) is 6.17. The highest BCUT2D eigenvalue weighted by atomic mass is 19.3. The van der Waals surface area contributed by atoms with Crippen LogP contribution in [0.15, 0.2) is 48.8 Å². The molecule has 4 fully saturated rings. The van der Waals surface area contributed by atoms with E-state index >= 15 is 8.78 Å². The van der Waals surface area contributed by atoms with E-state index in [1.807, 2.05) is 12.1 Å². The Morgan fingerprint density at radius 3 is 2.37 bits per heavy atom. The van der Waals surface area contributed by atoms with E-state index < -0.39 is 51.6 Å². The second-order valence-electron chi connectivity index (χ2n) is 10.8. The maximum Gasteiger partial charge on any atom is 0.311 e. The lowest BCUT2D eigenvalue weighted by atomic mass is 9.30. The Hall–Kier alpha value is -3.56. The molecule has 0 spiro atoms. The van der Waals surface area contributed by atoms with Crippen molar-refractivity contribution in [3.63, 3.8) is 0 Å². The van der Waals surface area contributed by atoms with Crippen LogP contribution in [0.1, 0.15) is 30.4 Å². The smallest absolute Gasteiger partial charge is 0.311 e. The summed E-state index contributed by atoms with van der Waals surface area (Å²) in [5.74, 6) is -5.43. The average molecular weight is 529 g/mol. The van der Waals surface area contributed by atoms with Crippen LogP contribution in [0.2, 0.25) is 0 Å². The number of aromatic nitrogens is 4. The van der Waals surface area contributed by atoms with Gasteiger partial charge in [-0.2, -0.15) is 0 Å². The molecule has 12 heteroatoms. The highest BCUT2D eigenvalue weighted by Gasteiger charge is 2.82. The van der Waals surface area contributed by atoms with Gasteiger partial charge in [-0.05, 0) is 64.9 Å². The van der Waals surface area contributed by atoms with Gasteiger partial charge in [-0.25, -0.2) is 28.8 Å². The molecule has 8 nitrogen and oxygen atoms in total. The van der Waals surface area contributed by atoms with Crippen molar-refractivity contribution in [2.75, 3.05) is 19.8 Å². The van der Waals surface area contributed by atoms with Crippen LogP contribution in [0.4, 0.5) is 17.6 Å². The summed E-state index contributed by atoms with van der Waals surface area (Å²) in [6.07, 6.45) is 1.32. The molecule has 2 bridgehead atoms. The molecule has 1 atom stereocenters. The zero-order valence-corrected chi connectivity index (χ0v) is 20.1. The van der Waals surface area contributed by atoms with Gasteiger partial charge in [0.25, 0.3) is 5.92 Å². The first-order valence-corrected chi connectivity index (χ1v) is 12.0. The molecular weight excluding hydrogens is 506 g/mol. The first kappa shape index (κ1) is 24.8. The van der Waals surface area contributed by atoms with E-state index in [1.165, 1.54) is 0 Å². The maximum absolute atomic E-state index is 16.3. The lowest BCUT2D eigenvalue weighted by Crippen LogP contribution is -2.76. The molecule has 4 aliphatic rings. The predicted molar refractivity (Wildman–Crippen MR) is 123 cm³/mol. The highest BCUT2D eigenvalue weighted by Crippen LogP contribution is 2.80.